The van der Waals surface area contributed by atoms with Crippen LogP contribution in [0.2, 0.25) is 0 Å². The predicted octanol–water partition coefficient (Wildman–Crippen LogP) is 2.88. The largest absolute Gasteiger partial charge is 0.352 e. The molecule has 21 heavy (non-hydrogen) atoms. The van der Waals surface area contributed by atoms with Crippen molar-refractivity contribution in [3.63, 3.8) is 0 Å². The topological polar surface area (TPSA) is 41.1 Å². The minimum Gasteiger partial charge on any atom is -0.352 e. The van der Waals surface area contributed by atoms with Crippen LogP contribution in [0, 0.1) is 0 Å². The lowest BCUT2D eigenvalue weighted by Crippen LogP contribution is -2.43. The van der Waals surface area contributed by atoms with E-state index in [-0.39, 0.29) is 18.0 Å². The highest BCUT2D eigenvalue weighted by Crippen LogP contribution is 2.25. The molecule has 2 aliphatic carbocycles. The number of hydrogen-bond acceptors (Lipinski definition) is 2. The lowest BCUT2D eigenvalue weighted by Gasteiger charge is -2.22. The summed E-state index contributed by atoms with van der Waals surface area (Å²) in [6.07, 6.45) is 7.32. The molecule has 0 aromatic heterocycles. The fraction of sp³-hybridized carbons (Fsp3) is 0.611. The standard InChI is InChI=1S/C18H26N2O/c1-12(19-13(2)18(21)20-17-9-10-17)15-8-7-14-5-3-4-6-16(14)11-15/h7-8,11-13,17,19H,3-6,9-10H2,1-2H3,(H,20,21)/t12-,13-/m1/s1. The fourth-order valence-electron chi connectivity index (χ4n) is 3.12. The highest BCUT2D eigenvalue weighted by Gasteiger charge is 2.26. The third-order valence-corrected chi connectivity index (χ3v) is 4.69. The van der Waals surface area contributed by atoms with Gasteiger partial charge < -0.3 is 5.32 Å². The van der Waals surface area contributed by atoms with E-state index in [0.717, 1.165) is 12.8 Å². The van der Waals surface area contributed by atoms with E-state index in [1.54, 1.807) is 0 Å². The first-order valence-electron chi connectivity index (χ1n) is 8.31. The van der Waals surface area contributed by atoms with Crippen LogP contribution in [-0.4, -0.2) is 18.0 Å². The van der Waals surface area contributed by atoms with Crippen molar-refractivity contribution in [2.75, 3.05) is 0 Å². The van der Waals surface area contributed by atoms with Gasteiger partial charge in [-0.25, -0.2) is 0 Å². The van der Waals surface area contributed by atoms with E-state index in [1.165, 1.54) is 42.4 Å². The molecule has 114 valence electrons. The highest BCUT2D eigenvalue weighted by atomic mass is 16.2. The van der Waals surface area contributed by atoms with Crippen LogP contribution in [-0.2, 0) is 17.6 Å². The summed E-state index contributed by atoms with van der Waals surface area (Å²) in [5.41, 5.74) is 4.31. The molecular formula is C18H26N2O. The summed E-state index contributed by atoms with van der Waals surface area (Å²) in [4.78, 5) is 12.0. The first-order chi connectivity index (χ1) is 10.1. The van der Waals surface area contributed by atoms with Crippen molar-refractivity contribution in [1.29, 1.82) is 0 Å². The zero-order valence-corrected chi connectivity index (χ0v) is 13.1. The Kier molecular flexibility index (Phi) is 4.29. The minimum absolute atomic E-state index is 0.127. The molecule has 3 rings (SSSR count). The second-order valence-corrected chi connectivity index (χ2v) is 6.63. The third kappa shape index (κ3) is 3.65. The summed E-state index contributed by atoms with van der Waals surface area (Å²) in [5.74, 6) is 0.127. The van der Waals surface area contributed by atoms with Gasteiger partial charge in [-0.15, -0.1) is 0 Å². The van der Waals surface area contributed by atoms with Crippen LogP contribution in [0.4, 0.5) is 0 Å². The van der Waals surface area contributed by atoms with E-state index < -0.39 is 0 Å². The SMILES string of the molecule is C[C@@H](N[C@H](C)c1ccc2c(c1)CCCC2)C(=O)NC1CC1. The zero-order chi connectivity index (χ0) is 14.8. The van der Waals surface area contributed by atoms with E-state index in [1.807, 2.05) is 6.92 Å². The smallest absolute Gasteiger partial charge is 0.237 e. The number of benzene rings is 1. The van der Waals surface area contributed by atoms with Gasteiger partial charge in [-0.1, -0.05) is 18.2 Å². The molecule has 0 heterocycles. The molecule has 0 bridgehead atoms. The van der Waals surface area contributed by atoms with Gasteiger partial charge in [-0.2, -0.15) is 0 Å². The Morgan fingerprint density at radius 1 is 1.14 bits per heavy atom. The van der Waals surface area contributed by atoms with Crippen molar-refractivity contribution in [3.8, 4) is 0 Å². The van der Waals surface area contributed by atoms with Crippen molar-refractivity contribution in [2.45, 2.75) is 70.5 Å². The maximum atomic E-state index is 12.0. The number of amides is 1. The number of rotatable bonds is 5. The Labute approximate surface area is 127 Å². The first-order valence-corrected chi connectivity index (χ1v) is 8.31. The summed E-state index contributed by atoms with van der Waals surface area (Å²) in [6, 6.07) is 7.32. The second-order valence-electron chi connectivity index (χ2n) is 6.63. The number of hydrogen-bond donors (Lipinski definition) is 2. The Morgan fingerprint density at radius 2 is 1.86 bits per heavy atom. The molecule has 0 radical (unpaired) electrons. The number of aryl methyl sites for hydroxylation is 2. The molecule has 0 unspecified atom stereocenters. The van der Waals surface area contributed by atoms with Crippen LogP contribution in [0.1, 0.15) is 62.3 Å². The van der Waals surface area contributed by atoms with Gasteiger partial charge in [-0.3, -0.25) is 10.1 Å². The summed E-state index contributed by atoms with van der Waals surface area (Å²) < 4.78 is 0. The van der Waals surface area contributed by atoms with Gasteiger partial charge in [0.1, 0.15) is 0 Å². The molecule has 2 aliphatic rings. The van der Waals surface area contributed by atoms with Crippen molar-refractivity contribution >= 4 is 5.91 Å². The van der Waals surface area contributed by atoms with Gasteiger partial charge in [0.2, 0.25) is 5.91 Å². The number of carbonyl (C=O) groups excluding carboxylic acids is 1. The Hall–Kier alpha value is -1.35. The molecular weight excluding hydrogens is 260 g/mol. The van der Waals surface area contributed by atoms with Crippen LogP contribution < -0.4 is 10.6 Å². The van der Waals surface area contributed by atoms with Gasteiger partial charge in [0, 0.05) is 12.1 Å². The lowest BCUT2D eigenvalue weighted by molar-refractivity contribution is -0.123. The molecule has 0 spiro atoms. The lowest BCUT2D eigenvalue weighted by atomic mass is 9.89. The molecule has 1 aromatic rings. The van der Waals surface area contributed by atoms with Gasteiger partial charge in [0.25, 0.3) is 0 Å². The van der Waals surface area contributed by atoms with Crippen LogP contribution in [0.5, 0.6) is 0 Å². The van der Waals surface area contributed by atoms with Crippen LogP contribution in [0.3, 0.4) is 0 Å². The van der Waals surface area contributed by atoms with Crippen molar-refractivity contribution in [2.24, 2.45) is 0 Å². The first kappa shape index (κ1) is 14.6. The van der Waals surface area contributed by atoms with E-state index in [0.29, 0.717) is 6.04 Å². The Morgan fingerprint density at radius 3 is 2.57 bits per heavy atom. The van der Waals surface area contributed by atoms with E-state index >= 15 is 0 Å². The molecule has 1 aromatic carbocycles. The third-order valence-electron chi connectivity index (χ3n) is 4.69. The monoisotopic (exact) mass is 286 g/mol. The van der Waals surface area contributed by atoms with Crippen molar-refractivity contribution < 1.29 is 4.79 Å². The molecule has 1 amide bonds. The maximum Gasteiger partial charge on any atom is 0.237 e. The Bertz CT molecular complexity index is 522. The van der Waals surface area contributed by atoms with Crippen LogP contribution >= 0.6 is 0 Å². The number of nitrogens with one attached hydrogen (secondary N) is 2. The molecule has 3 nitrogen and oxygen atoms in total. The molecule has 1 saturated carbocycles. The minimum atomic E-state index is -0.142. The van der Waals surface area contributed by atoms with Crippen molar-refractivity contribution in [3.05, 3.63) is 34.9 Å². The average Bonchev–Trinajstić information content (AvgIpc) is 3.30. The van der Waals surface area contributed by atoms with E-state index in [4.69, 9.17) is 0 Å². The molecule has 2 N–H and O–H groups in total. The normalized spacial score (nSPS) is 20.5. The van der Waals surface area contributed by atoms with Gasteiger partial charge in [0.15, 0.2) is 0 Å². The average molecular weight is 286 g/mol. The Balaban J connectivity index is 1.61. The van der Waals surface area contributed by atoms with Crippen molar-refractivity contribution in [1.82, 2.24) is 10.6 Å². The summed E-state index contributed by atoms with van der Waals surface area (Å²) in [5, 5.41) is 6.48. The summed E-state index contributed by atoms with van der Waals surface area (Å²) in [6.45, 7) is 4.10. The van der Waals surface area contributed by atoms with Crippen LogP contribution in [0.25, 0.3) is 0 Å². The second kappa shape index (κ2) is 6.18. The van der Waals surface area contributed by atoms with Gasteiger partial charge >= 0.3 is 0 Å². The van der Waals surface area contributed by atoms with Crippen LogP contribution in [0.15, 0.2) is 18.2 Å². The molecule has 2 atom stereocenters. The van der Waals surface area contributed by atoms with Gasteiger partial charge in [0.05, 0.1) is 6.04 Å². The highest BCUT2D eigenvalue weighted by molar-refractivity contribution is 5.81. The number of fused-ring (bicyclic) bond motifs is 1. The zero-order valence-electron chi connectivity index (χ0n) is 13.1. The summed E-state index contributed by atoms with van der Waals surface area (Å²) >= 11 is 0. The van der Waals surface area contributed by atoms with Gasteiger partial charge in [-0.05, 0) is 69.1 Å². The fourth-order valence-corrected chi connectivity index (χ4v) is 3.12. The van der Waals surface area contributed by atoms with E-state index in [2.05, 4.69) is 35.8 Å². The quantitative estimate of drug-likeness (QED) is 0.874. The predicted molar refractivity (Wildman–Crippen MR) is 85.3 cm³/mol. The van der Waals surface area contributed by atoms with E-state index in [9.17, 15) is 4.79 Å². The molecule has 1 fully saturated rings. The molecule has 3 heteroatoms. The molecule has 0 aliphatic heterocycles. The maximum absolute atomic E-state index is 12.0. The molecule has 0 saturated heterocycles. The summed E-state index contributed by atoms with van der Waals surface area (Å²) in [7, 11) is 0. The number of carbonyl (C=O) groups is 1.